The molecule has 1 fully saturated rings. The predicted octanol–water partition coefficient (Wildman–Crippen LogP) is 1.26. The normalized spacial score (nSPS) is 15.2. The Bertz CT molecular complexity index is 578. The van der Waals surface area contributed by atoms with Crippen LogP contribution in [0.4, 0.5) is 5.69 Å². The first-order valence-corrected chi connectivity index (χ1v) is 9.54. The molecule has 1 aromatic carbocycles. The highest BCUT2D eigenvalue weighted by atomic mass is 16.2. The summed E-state index contributed by atoms with van der Waals surface area (Å²) in [7, 11) is 2.16. The van der Waals surface area contributed by atoms with Gasteiger partial charge in [0.1, 0.15) is 0 Å². The van der Waals surface area contributed by atoms with Crippen LogP contribution in [0, 0.1) is 5.92 Å². The van der Waals surface area contributed by atoms with E-state index in [0.29, 0.717) is 19.0 Å². The predicted molar refractivity (Wildman–Crippen MR) is 105 cm³/mol. The number of nitrogens with one attached hydrogen (secondary N) is 2. The lowest BCUT2D eigenvalue weighted by atomic mass is 10.1. The van der Waals surface area contributed by atoms with Gasteiger partial charge in [-0.2, -0.15) is 0 Å². The van der Waals surface area contributed by atoms with Crippen LogP contribution in [-0.2, 0) is 16.0 Å². The smallest absolute Gasteiger partial charge is 0.309 e. The maximum atomic E-state index is 11.7. The summed E-state index contributed by atoms with van der Waals surface area (Å²) in [4.78, 5) is 28.0. The standard InChI is InChI=1S/C20H32N4O2/c1-16(2)15-22-20(26)19(25)21-10-4-5-17-6-8-18(9-7-17)24-13-11-23(3)12-14-24/h6-9,16H,4-5,10-15H2,1-3H3,(H,21,25)(H,22,26). The molecule has 2 rings (SSSR count). The Hall–Kier alpha value is -2.08. The SMILES string of the molecule is CC(C)CNC(=O)C(=O)NCCCc1ccc(N2CCN(C)CC2)cc1. The third-order valence-electron chi connectivity index (χ3n) is 4.61. The van der Waals surface area contributed by atoms with E-state index in [2.05, 4.69) is 51.7 Å². The third kappa shape index (κ3) is 6.67. The summed E-state index contributed by atoms with van der Waals surface area (Å²) < 4.78 is 0. The number of hydrogen-bond donors (Lipinski definition) is 2. The van der Waals surface area contributed by atoms with E-state index < -0.39 is 11.8 Å². The summed E-state index contributed by atoms with van der Waals surface area (Å²) in [5.74, 6) is -0.758. The molecule has 0 radical (unpaired) electrons. The summed E-state index contributed by atoms with van der Waals surface area (Å²) in [6, 6.07) is 8.67. The maximum Gasteiger partial charge on any atom is 0.309 e. The molecule has 2 N–H and O–H groups in total. The Morgan fingerprint density at radius 2 is 1.62 bits per heavy atom. The van der Waals surface area contributed by atoms with Gasteiger partial charge < -0.3 is 20.4 Å². The monoisotopic (exact) mass is 360 g/mol. The topological polar surface area (TPSA) is 64.7 Å². The van der Waals surface area contributed by atoms with Crippen molar-refractivity contribution < 1.29 is 9.59 Å². The van der Waals surface area contributed by atoms with Crippen molar-refractivity contribution in [3.8, 4) is 0 Å². The molecule has 26 heavy (non-hydrogen) atoms. The van der Waals surface area contributed by atoms with E-state index in [9.17, 15) is 9.59 Å². The largest absolute Gasteiger partial charge is 0.369 e. The number of rotatable bonds is 7. The molecule has 1 aliphatic heterocycles. The summed E-state index contributed by atoms with van der Waals surface area (Å²) in [5.41, 5.74) is 2.53. The Labute approximate surface area is 156 Å². The molecular formula is C20H32N4O2. The molecule has 2 amide bonds. The van der Waals surface area contributed by atoms with E-state index >= 15 is 0 Å². The summed E-state index contributed by atoms with van der Waals surface area (Å²) in [6.07, 6.45) is 1.70. The summed E-state index contributed by atoms with van der Waals surface area (Å²) in [5, 5.41) is 5.30. The fourth-order valence-electron chi connectivity index (χ4n) is 2.89. The molecule has 0 atom stereocenters. The van der Waals surface area contributed by atoms with Crippen molar-refractivity contribution in [1.29, 1.82) is 0 Å². The number of amides is 2. The molecule has 1 saturated heterocycles. The first kappa shape index (κ1) is 20.2. The van der Waals surface area contributed by atoms with Gasteiger partial charge in [0, 0.05) is 45.0 Å². The van der Waals surface area contributed by atoms with Gasteiger partial charge in [-0.1, -0.05) is 26.0 Å². The minimum Gasteiger partial charge on any atom is -0.369 e. The second kappa shape index (κ2) is 10.2. The molecule has 144 valence electrons. The second-order valence-electron chi connectivity index (χ2n) is 7.42. The minimum atomic E-state index is -0.546. The Kier molecular flexibility index (Phi) is 7.91. The van der Waals surface area contributed by atoms with E-state index in [1.165, 1.54) is 11.3 Å². The molecule has 6 heteroatoms. The van der Waals surface area contributed by atoms with Crippen molar-refractivity contribution in [3.63, 3.8) is 0 Å². The zero-order valence-corrected chi connectivity index (χ0v) is 16.3. The summed E-state index contributed by atoms with van der Waals surface area (Å²) in [6.45, 7) is 9.36. The van der Waals surface area contributed by atoms with E-state index in [1.54, 1.807) is 0 Å². The number of carbonyl (C=O) groups is 2. The third-order valence-corrected chi connectivity index (χ3v) is 4.61. The molecule has 0 unspecified atom stereocenters. The number of likely N-dealkylation sites (N-methyl/N-ethyl adjacent to an activating group) is 1. The van der Waals surface area contributed by atoms with Gasteiger partial charge in [0.05, 0.1) is 0 Å². The van der Waals surface area contributed by atoms with Crippen molar-refractivity contribution in [3.05, 3.63) is 29.8 Å². The minimum absolute atomic E-state index is 0.334. The van der Waals surface area contributed by atoms with Crippen LogP contribution < -0.4 is 15.5 Å². The molecule has 6 nitrogen and oxygen atoms in total. The van der Waals surface area contributed by atoms with Crippen molar-refractivity contribution in [2.24, 2.45) is 5.92 Å². The highest BCUT2D eigenvalue weighted by molar-refractivity contribution is 6.35. The lowest BCUT2D eigenvalue weighted by molar-refractivity contribution is -0.139. The van der Waals surface area contributed by atoms with E-state index in [1.807, 2.05) is 13.8 Å². The number of nitrogens with zero attached hydrogens (tertiary/aromatic N) is 2. The fourth-order valence-corrected chi connectivity index (χ4v) is 2.89. The van der Waals surface area contributed by atoms with Gasteiger partial charge in [-0.25, -0.2) is 0 Å². The quantitative estimate of drug-likeness (QED) is 0.568. The van der Waals surface area contributed by atoms with Crippen LogP contribution in [0.1, 0.15) is 25.8 Å². The van der Waals surface area contributed by atoms with Gasteiger partial charge in [0.2, 0.25) is 0 Å². The van der Waals surface area contributed by atoms with E-state index in [-0.39, 0.29) is 0 Å². The van der Waals surface area contributed by atoms with Crippen LogP contribution >= 0.6 is 0 Å². The van der Waals surface area contributed by atoms with Gasteiger partial charge in [0.15, 0.2) is 0 Å². The van der Waals surface area contributed by atoms with Crippen molar-refractivity contribution in [2.45, 2.75) is 26.7 Å². The molecule has 1 aliphatic rings. The van der Waals surface area contributed by atoms with Crippen LogP contribution in [-0.4, -0.2) is 63.0 Å². The summed E-state index contributed by atoms with van der Waals surface area (Å²) >= 11 is 0. The molecule has 1 aromatic rings. The average molecular weight is 361 g/mol. The molecule has 0 aromatic heterocycles. The van der Waals surface area contributed by atoms with Crippen LogP contribution in [0.15, 0.2) is 24.3 Å². The van der Waals surface area contributed by atoms with Crippen molar-refractivity contribution >= 4 is 17.5 Å². The van der Waals surface area contributed by atoms with Crippen molar-refractivity contribution in [2.75, 3.05) is 51.2 Å². The van der Waals surface area contributed by atoms with Gasteiger partial charge >= 0.3 is 11.8 Å². The fraction of sp³-hybridized carbons (Fsp3) is 0.600. The number of carbonyl (C=O) groups excluding carboxylic acids is 2. The van der Waals surface area contributed by atoms with Crippen LogP contribution in [0.3, 0.4) is 0 Å². The zero-order valence-electron chi connectivity index (χ0n) is 16.3. The second-order valence-corrected chi connectivity index (χ2v) is 7.42. The zero-order chi connectivity index (χ0) is 18.9. The lowest BCUT2D eigenvalue weighted by Crippen LogP contribution is -2.44. The van der Waals surface area contributed by atoms with Crippen LogP contribution in [0.25, 0.3) is 0 Å². The van der Waals surface area contributed by atoms with Gasteiger partial charge in [-0.15, -0.1) is 0 Å². The average Bonchev–Trinajstić information content (AvgIpc) is 2.64. The molecule has 1 heterocycles. The van der Waals surface area contributed by atoms with E-state index in [4.69, 9.17) is 0 Å². The Balaban J connectivity index is 1.66. The van der Waals surface area contributed by atoms with Gasteiger partial charge in [-0.05, 0) is 43.5 Å². The number of piperazine rings is 1. The number of benzene rings is 1. The molecule has 0 aliphatic carbocycles. The van der Waals surface area contributed by atoms with Gasteiger partial charge in [-0.3, -0.25) is 9.59 Å². The molecular weight excluding hydrogens is 328 g/mol. The van der Waals surface area contributed by atoms with Crippen LogP contribution in [0.2, 0.25) is 0 Å². The Morgan fingerprint density at radius 1 is 1.00 bits per heavy atom. The van der Waals surface area contributed by atoms with Crippen LogP contribution in [0.5, 0.6) is 0 Å². The number of aryl methyl sites for hydroxylation is 1. The Morgan fingerprint density at radius 3 is 2.23 bits per heavy atom. The maximum absolute atomic E-state index is 11.7. The van der Waals surface area contributed by atoms with Crippen molar-refractivity contribution in [1.82, 2.24) is 15.5 Å². The lowest BCUT2D eigenvalue weighted by Gasteiger charge is -2.34. The highest BCUT2D eigenvalue weighted by Crippen LogP contribution is 2.17. The molecule has 0 spiro atoms. The molecule has 0 saturated carbocycles. The first-order chi connectivity index (χ1) is 12.5. The highest BCUT2D eigenvalue weighted by Gasteiger charge is 2.14. The number of hydrogen-bond acceptors (Lipinski definition) is 4. The first-order valence-electron chi connectivity index (χ1n) is 9.54. The van der Waals surface area contributed by atoms with Gasteiger partial charge in [0.25, 0.3) is 0 Å². The molecule has 0 bridgehead atoms. The number of anilines is 1. The van der Waals surface area contributed by atoms with E-state index in [0.717, 1.165) is 39.0 Å².